The first-order chi connectivity index (χ1) is 16.6. The molecule has 0 spiro atoms. The summed E-state index contributed by atoms with van der Waals surface area (Å²) in [6, 6.07) is 12.7. The van der Waals surface area contributed by atoms with E-state index in [0.717, 1.165) is 30.4 Å². The number of benzene rings is 2. The highest BCUT2D eigenvalue weighted by molar-refractivity contribution is 6.50. The third kappa shape index (κ3) is 3.40. The number of aromatic hydroxyl groups is 1. The van der Waals surface area contributed by atoms with Crippen LogP contribution in [-0.2, 0) is 16.1 Å². The van der Waals surface area contributed by atoms with Crippen LogP contribution in [0, 0.1) is 0 Å². The predicted molar refractivity (Wildman–Crippen MR) is 130 cm³/mol. The van der Waals surface area contributed by atoms with E-state index in [0.29, 0.717) is 27.7 Å². The van der Waals surface area contributed by atoms with Gasteiger partial charge >= 0.3 is 0 Å². The van der Waals surface area contributed by atoms with Gasteiger partial charge in [-0.05, 0) is 63.2 Å². The summed E-state index contributed by atoms with van der Waals surface area (Å²) < 4.78 is 7.81. The van der Waals surface area contributed by atoms with E-state index < -0.39 is 11.8 Å². The zero-order chi connectivity index (χ0) is 23.2. The van der Waals surface area contributed by atoms with Gasteiger partial charge in [0.1, 0.15) is 11.3 Å². The van der Waals surface area contributed by atoms with Gasteiger partial charge in [-0.15, -0.1) is 0 Å². The molecule has 0 bridgehead atoms. The van der Waals surface area contributed by atoms with Crippen LogP contribution in [0.3, 0.4) is 0 Å². The van der Waals surface area contributed by atoms with Crippen LogP contribution in [0.4, 0.5) is 0 Å². The van der Waals surface area contributed by atoms with Gasteiger partial charge in [0.15, 0.2) is 0 Å². The first-order valence-electron chi connectivity index (χ1n) is 11.7. The average Bonchev–Trinajstić information content (AvgIpc) is 3.60. The quantitative estimate of drug-likeness (QED) is 0.427. The molecule has 2 N–H and O–H groups in total. The molecule has 2 aromatic heterocycles. The van der Waals surface area contributed by atoms with Crippen molar-refractivity contribution in [3.63, 3.8) is 0 Å². The molecule has 2 aliphatic rings. The summed E-state index contributed by atoms with van der Waals surface area (Å²) in [7, 11) is 0. The largest absolute Gasteiger partial charge is 0.508 e. The minimum atomic E-state index is -0.492. The number of phenols is 1. The number of nitrogens with zero attached hydrogens (tertiary/aromatic N) is 2. The van der Waals surface area contributed by atoms with Gasteiger partial charge in [0.05, 0.1) is 17.4 Å². The van der Waals surface area contributed by atoms with Crippen molar-refractivity contribution in [3.05, 3.63) is 66.1 Å². The van der Waals surface area contributed by atoms with E-state index in [1.165, 1.54) is 38.3 Å². The Morgan fingerprint density at radius 1 is 0.941 bits per heavy atom. The molecule has 4 heterocycles. The SMILES string of the molecule is O=C1NC(=O)C(c2cc(O)cc3ccoc23)=C1c1cn(CCCN2CCCC2)c2ccccc12. The fraction of sp³-hybridized carbons (Fsp3) is 0.259. The highest BCUT2D eigenvalue weighted by Crippen LogP contribution is 2.39. The van der Waals surface area contributed by atoms with Crippen molar-refractivity contribution in [2.75, 3.05) is 19.6 Å². The number of para-hydroxylation sites is 1. The van der Waals surface area contributed by atoms with Gasteiger partial charge in [0.25, 0.3) is 11.8 Å². The molecule has 4 aromatic rings. The molecule has 0 aliphatic carbocycles. The lowest BCUT2D eigenvalue weighted by Gasteiger charge is -2.14. The van der Waals surface area contributed by atoms with E-state index in [4.69, 9.17) is 4.42 Å². The Hall–Kier alpha value is -3.84. The zero-order valence-electron chi connectivity index (χ0n) is 18.7. The average molecular weight is 456 g/mol. The smallest absolute Gasteiger partial charge is 0.259 e. The van der Waals surface area contributed by atoms with E-state index in [9.17, 15) is 14.7 Å². The Balaban J connectivity index is 1.48. The second kappa shape index (κ2) is 8.18. The summed E-state index contributed by atoms with van der Waals surface area (Å²) in [4.78, 5) is 28.5. The molecule has 0 radical (unpaired) electrons. The number of aryl methyl sites for hydroxylation is 1. The Morgan fingerprint density at radius 2 is 1.71 bits per heavy atom. The van der Waals surface area contributed by atoms with Gasteiger partial charge in [-0.25, -0.2) is 0 Å². The summed E-state index contributed by atoms with van der Waals surface area (Å²) in [6.45, 7) is 4.21. The number of amides is 2. The molecule has 0 saturated carbocycles. The summed E-state index contributed by atoms with van der Waals surface area (Å²) in [5.74, 6) is -0.926. The summed E-state index contributed by atoms with van der Waals surface area (Å²) in [5.41, 5.74) is 3.13. The van der Waals surface area contributed by atoms with Crippen LogP contribution in [0.25, 0.3) is 33.0 Å². The van der Waals surface area contributed by atoms with Crippen molar-refractivity contribution in [1.82, 2.24) is 14.8 Å². The minimum Gasteiger partial charge on any atom is -0.508 e. The van der Waals surface area contributed by atoms with Gasteiger partial charge in [-0.2, -0.15) is 0 Å². The number of likely N-dealkylation sites (tertiary alicyclic amines) is 1. The van der Waals surface area contributed by atoms with Crippen LogP contribution >= 0.6 is 0 Å². The van der Waals surface area contributed by atoms with Gasteiger partial charge in [-0.3, -0.25) is 14.9 Å². The van der Waals surface area contributed by atoms with E-state index in [-0.39, 0.29) is 11.3 Å². The number of nitrogens with one attached hydrogen (secondary N) is 1. The highest BCUT2D eigenvalue weighted by atomic mass is 16.3. The second-order valence-electron chi connectivity index (χ2n) is 9.02. The molecule has 1 saturated heterocycles. The van der Waals surface area contributed by atoms with E-state index in [2.05, 4.69) is 14.8 Å². The normalized spacial score (nSPS) is 16.9. The molecular formula is C27H25N3O4. The number of carbonyl (C=O) groups excluding carboxylic acids is 2. The molecule has 2 amide bonds. The lowest BCUT2D eigenvalue weighted by molar-refractivity contribution is -0.122. The zero-order valence-corrected chi connectivity index (χ0v) is 18.7. The standard InChI is InChI=1S/C27H25N3O4/c31-18-14-17-8-13-34-25(17)20(15-18)23-24(27(33)28-26(23)32)21-16-30(22-7-2-1-6-19(21)22)12-5-11-29-9-3-4-10-29/h1-2,6-8,13-16,31H,3-5,9-12H2,(H,28,32,33). The van der Waals surface area contributed by atoms with Crippen molar-refractivity contribution < 1.29 is 19.1 Å². The first-order valence-corrected chi connectivity index (χ1v) is 11.7. The summed E-state index contributed by atoms with van der Waals surface area (Å²) in [5, 5.41) is 14.3. The number of rotatable bonds is 6. The second-order valence-corrected chi connectivity index (χ2v) is 9.02. The molecule has 6 rings (SSSR count). The van der Waals surface area contributed by atoms with Crippen LogP contribution in [0.5, 0.6) is 5.75 Å². The van der Waals surface area contributed by atoms with Gasteiger partial charge in [-0.1, -0.05) is 18.2 Å². The Labute approximate surface area is 196 Å². The van der Waals surface area contributed by atoms with Crippen molar-refractivity contribution in [2.45, 2.75) is 25.8 Å². The van der Waals surface area contributed by atoms with Crippen molar-refractivity contribution >= 4 is 44.8 Å². The fourth-order valence-corrected chi connectivity index (χ4v) is 5.32. The van der Waals surface area contributed by atoms with Crippen molar-refractivity contribution in [3.8, 4) is 5.75 Å². The minimum absolute atomic E-state index is 0.00670. The summed E-state index contributed by atoms with van der Waals surface area (Å²) in [6.07, 6.45) is 7.04. The van der Waals surface area contributed by atoms with E-state index in [1.54, 1.807) is 12.1 Å². The molecule has 0 unspecified atom stereocenters. The van der Waals surface area contributed by atoms with Crippen LogP contribution in [0.1, 0.15) is 30.4 Å². The van der Waals surface area contributed by atoms with Crippen molar-refractivity contribution in [2.24, 2.45) is 0 Å². The molecule has 7 nitrogen and oxygen atoms in total. The molecule has 0 atom stereocenters. The van der Waals surface area contributed by atoms with Crippen LogP contribution in [-0.4, -0.2) is 46.0 Å². The summed E-state index contributed by atoms with van der Waals surface area (Å²) >= 11 is 0. The third-order valence-corrected chi connectivity index (χ3v) is 6.87. The number of hydrogen-bond donors (Lipinski definition) is 2. The Morgan fingerprint density at radius 3 is 2.53 bits per heavy atom. The first kappa shape index (κ1) is 20.7. The number of carbonyl (C=O) groups is 2. The number of phenolic OH excluding ortho intramolecular Hbond substituents is 1. The number of hydrogen-bond acceptors (Lipinski definition) is 5. The lowest BCUT2D eigenvalue weighted by Crippen LogP contribution is -2.22. The lowest BCUT2D eigenvalue weighted by atomic mass is 9.95. The Bertz CT molecular complexity index is 1470. The maximum atomic E-state index is 13.1. The van der Waals surface area contributed by atoms with Crippen LogP contribution < -0.4 is 5.32 Å². The fourth-order valence-electron chi connectivity index (χ4n) is 5.32. The van der Waals surface area contributed by atoms with Crippen molar-refractivity contribution in [1.29, 1.82) is 0 Å². The third-order valence-electron chi connectivity index (χ3n) is 6.87. The topological polar surface area (TPSA) is 87.7 Å². The predicted octanol–water partition coefficient (Wildman–Crippen LogP) is 4.15. The van der Waals surface area contributed by atoms with E-state index in [1.807, 2.05) is 30.5 Å². The van der Waals surface area contributed by atoms with Gasteiger partial charge in [0, 0.05) is 40.2 Å². The molecule has 34 heavy (non-hydrogen) atoms. The molecule has 2 aromatic carbocycles. The van der Waals surface area contributed by atoms with Gasteiger partial charge < -0.3 is 19.0 Å². The maximum absolute atomic E-state index is 13.1. The number of fused-ring (bicyclic) bond motifs is 2. The molecule has 7 heteroatoms. The van der Waals surface area contributed by atoms with Crippen LogP contribution in [0.15, 0.2) is 59.3 Å². The Kier molecular flexibility index (Phi) is 4.99. The monoisotopic (exact) mass is 455 g/mol. The van der Waals surface area contributed by atoms with Crippen LogP contribution in [0.2, 0.25) is 0 Å². The van der Waals surface area contributed by atoms with Gasteiger partial charge in [0.2, 0.25) is 0 Å². The maximum Gasteiger partial charge on any atom is 0.259 e. The number of imide groups is 1. The molecule has 172 valence electrons. The molecular weight excluding hydrogens is 430 g/mol. The molecule has 1 fully saturated rings. The highest BCUT2D eigenvalue weighted by Gasteiger charge is 2.35. The van der Waals surface area contributed by atoms with E-state index >= 15 is 0 Å². The number of aromatic nitrogens is 1. The molecule has 2 aliphatic heterocycles. The number of furan rings is 1.